The van der Waals surface area contributed by atoms with Gasteiger partial charge in [0.1, 0.15) is 0 Å². The Balaban J connectivity index is 0.00000225. The van der Waals surface area contributed by atoms with Crippen LogP contribution in [0.5, 0.6) is 0 Å². The Hall–Kier alpha value is -0.790. The first-order valence-electron chi connectivity index (χ1n) is 5.01. The fraction of sp³-hybridized carbons (Fsp3) is 0.600. The highest BCUT2D eigenvalue weighted by atomic mass is 127. The van der Waals surface area contributed by atoms with Crippen LogP contribution >= 0.6 is 24.0 Å². The van der Waals surface area contributed by atoms with E-state index < -0.39 is 0 Å². The van der Waals surface area contributed by atoms with E-state index >= 15 is 0 Å². The smallest absolute Gasteiger partial charge is 0.191 e. The van der Waals surface area contributed by atoms with Crippen molar-refractivity contribution in [2.75, 3.05) is 14.1 Å². The molecule has 1 aromatic heterocycles. The molecule has 6 heteroatoms. The zero-order chi connectivity index (χ0) is 11.3. The molecule has 0 spiro atoms. The Morgan fingerprint density at radius 3 is 2.69 bits per heavy atom. The first-order valence-corrected chi connectivity index (χ1v) is 5.01. The van der Waals surface area contributed by atoms with Crippen molar-refractivity contribution in [3.8, 4) is 0 Å². The standard InChI is InChI=1S/C10H18N4O.HI/c1-7(2)9-5-8(15-14-9)6-13-10(11-3)12-4;/h5,7H,6H2,1-4H3,(H2,11,12,13);1H. The van der Waals surface area contributed by atoms with Gasteiger partial charge in [-0.3, -0.25) is 4.99 Å². The number of aromatic nitrogens is 1. The summed E-state index contributed by atoms with van der Waals surface area (Å²) in [6, 6.07) is 1.96. The van der Waals surface area contributed by atoms with E-state index in [9.17, 15) is 0 Å². The Kier molecular flexibility index (Phi) is 7.11. The van der Waals surface area contributed by atoms with Gasteiger partial charge in [0, 0.05) is 20.2 Å². The molecule has 16 heavy (non-hydrogen) atoms. The van der Waals surface area contributed by atoms with Crippen molar-refractivity contribution in [3.05, 3.63) is 17.5 Å². The second-order valence-corrected chi connectivity index (χ2v) is 3.55. The Morgan fingerprint density at radius 1 is 1.56 bits per heavy atom. The van der Waals surface area contributed by atoms with Crippen molar-refractivity contribution in [1.29, 1.82) is 0 Å². The van der Waals surface area contributed by atoms with Crippen molar-refractivity contribution in [1.82, 2.24) is 15.8 Å². The van der Waals surface area contributed by atoms with E-state index in [1.54, 1.807) is 7.05 Å². The van der Waals surface area contributed by atoms with Crippen LogP contribution in [0.25, 0.3) is 0 Å². The van der Waals surface area contributed by atoms with Gasteiger partial charge in [-0.2, -0.15) is 0 Å². The maximum atomic E-state index is 5.17. The molecule has 0 unspecified atom stereocenters. The molecule has 0 fully saturated rings. The number of aliphatic imine (C=N–C) groups is 1. The monoisotopic (exact) mass is 338 g/mol. The Bertz CT molecular complexity index is 335. The highest BCUT2D eigenvalue weighted by Crippen LogP contribution is 2.13. The lowest BCUT2D eigenvalue weighted by Crippen LogP contribution is -2.33. The number of nitrogens with zero attached hydrogens (tertiary/aromatic N) is 2. The van der Waals surface area contributed by atoms with Gasteiger partial charge in [0.15, 0.2) is 11.7 Å². The fourth-order valence-electron chi connectivity index (χ4n) is 1.13. The van der Waals surface area contributed by atoms with Crippen LogP contribution in [-0.4, -0.2) is 25.2 Å². The highest BCUT2D eigenvalue weighted by molar-refractivity contribution is 14.0. The van der Waals surface area contributed by atoms with Crippen molar-refractivity contribution < 1.29 is 4.52 Å². The van der Waals surface area contributed by atoms with Gasteiger partial charge >= 0.3 is 0 Å². The first-order chi connectivity index (χ1) is 7.17. The first kappa shape index (κ1) is 15.2. The summed E-state index contributed by atoms with van der Waals surface area (Å²) in [4.78, 5) is 4.00. The fourth-order valence-corrected chi connectivity index (χ4v) is 1.13. The van der Waals surface area contributed by atoms with Crippen LogP contribution < -0.4 is 10.6 Å². The number of hydrogen-bond donors (Lipinski definition) is 2. The minimum absolute atomic E-state index is 0. The van der Waals surface area contributed by atoms with Gasteiger partial charge in [0.05, 0.1) is 12.2 Å². The summed E-state index contributed by atoms with van der Waals surface area (Å²) in [5, 5.41) is 9.99. The van der Waals surface area contributed by atoms with Crippen LogP contribution in [0.3, 0.4) is 0 Å². The third-order valence-corrected chi connectivity index (χ3v) is 2.06. The average Bonchev–Trinajstić information content (AvgIpc) is 2.68. The highest BCUT2D eigenvalue weighted by Gasteiger charge is 2.07. The summed E-state index contributed by atoms with van der Waals surface area (Å²) in [6.45, 7) is 4.76. The zero-order valence-electron chi connectivity index (χ0n) is 10.1. The lowest BCUT2D eigenvalue weighted by atomic mass is 10.1. The molecule has 1 heterocycles. The van der Waals surface area contributed by atoms with Crippen LogP contribution in [0.4, 0.5) is 0 Å². The van der Waals surface area contributed by atoms with E-state index in [0.717, 1.165) is 17.4 Å². The van der Waals surface area contributed by atoms with Gasteiger partial charge in [-0.15, -0.1) is 24.0 Å². The van der Waals surface area contributed by atoms with E-state index in [0.29, 0.717) is 12.5 Å². The molecule has 0 aliphatic heterocycles. The minimum Gasteiger partial charge on any atom is -0.359 e. The molecule has 0 atom stereocenters. The third kappa shape index (κ3) is 4.38. The van der Waals surface area contributed by atoms with Gasteiger partial charge < -0.3 is 15.2 Å². The van der Waals surface area contributed by atoms with Gasteiger partial charge in [-0.05, 0) is 5.92 Å². The van der Waals surface area contributed by atoms with Gasteiger partial charge in [-0.1, -0.05) is 19.0 Å². The molecule has 2 N–H and O–H groups in total. The SMILES string of the molecule is CN=C(NC)NCc1cc(C(C)C)no1.I. The number of nitrogens with one attached hydrogen (secondary N) is 2. The molecule has 0 saturated heterocycles. The number of hydrogen-bond acceptors (Lipinski definition) is 3. The van der Waals surface area contributed by atoms with Gasteiger partial charge in [-0.25, -0.2) is 0 Å². The van der Waals surface area contributed by atoms with Crippen molar-refractivity contribution in [2.45, 2.75) is 26.3 Å². The van der Waals surface area contributed by atoms with Crippen molar-refractivity contribution in [3.63, 3.8) is 0 Å². The summed E-state index contributed by atoms with van der Waals surface area (Å²) in [5.41, 5.74) is 0.978. The molecule has 92 valence electrons. The molecular formula is C10H19IN4O. The van der Waals surface area contributed by atoms with Crippen LogP contribution in [-0.2, 0) is 6.54 Å². The molecule has 0 bridgehead atoms. The number of rotatable bonds is 3. The largest absolute Gasteiger partial charge is 0.359 e. The van der Waals surface area contributed by atoms with Crippen molar-refractivity contribution >= 4 is 29.9 Å². The second kappa shape index (κ2) is 7.48. The van der Waals surface area contributed by atoms with E-state index in [4.69, 9.17) is 4.52 Å². The molecule has 0 saturated carbocycles. The molecule has 0 aromatic carbocycles. The predicted molar refractivity (Wildman–Crippen MR) is 75.3 cm³/mol. The van der Waals surface area contributed by atoms with E-state index in [1.165, 1.54) is 0 Å². The molecule has 1 aromatic rings. The average molecular weight is 338 g/mol. The van der Waals surface area contributed by atoms with Crippen LogP contribution in [0.1, 0.15) is 31.2 Å². The maximum absolute atomic E-state index is 5.17. The quantitative estimate of drug-likeness (QED) is 0.500. The molecule has 0 aliphatic carbocycles. The summed E-state index contributed by atoms with van der Waals surface area (Å²) in [6.07, 6.45) is 0. The van der Waals surface area contributed by atoms with Crippen LogP contribution in [0, 0.1) is 0 Å². The molecule has 5 nitrogen and oxygen atoms in total. The van der Waals surface area contributed by atoms with Crippen LogP contribution in [0.15, 0.2) is 15.6 Å². The molecule has 0 amide bonds. The molecule has 1 rings (SSSR count). The maximum Gasteiger partial charge on any atom is 0.191 e. The predicted octanol–water partition coefficient (Wildman–Crippen LogP) is 1.71. The molecular weight excluding hydrogens is 319 g/mol. The molecule has 0 aliphatic rings. The minimum atomic E-state index is 0. The summed E-state index contributed by atoms with van der Waals surface area (Å²) in [7, 11) is 3.54. The lowest BCUT2D eigenvalue weighted by molar-refractivity contribution is 0.372. The number of guanidine groups is 1. The summed E-state index contributed by atoms with van der Waals surface area (Å²) < 4.78 is 5.17. The Morgan fingerprint density at radius 2 is 2.25 bits per heavy atom. The molecule has 0 radical (unpaired) electrons. The number of halogens is 1. The third-order valence-electron chi connectivity index (χ3n) is 2.06. The summed E-state index contributed by atoms with van der Waals surface area (Å²) in [5.74, 6) is 1.94. The lowest BCUT2D eigenvalue weighted by Gasteiger charge is -2.05. The summed E-state index contributed by atoms with van der Waals surface area (Å²) >= 11 is 0. The topological polar surface area (TPSA) is 62.5 Å². The Labute approximate surface area is 113 Å². The van der Waals surface area contributed by atoms with E-state index in [2.05, 4.69) is 34.6 Å². The zero-order valence-corrected chi connectivity index (χ0v) is 12.4. The normalized spacial score (nSPS) is 11.2. The van der Waals surface area contributed by atoms with Crippen LogP contribution in [0.2, 0.25) is 0 Å². The van der Waals surface area contributed by atoms with Gasteiger partial charge in [0.2, 0.25) is 0 Å². The second-order valence-electron chi connectivity index (χ2n) is 3.55. The van der Waals surface area contributed by atoms with E-state index in [-0.39, 0.29) is 24.0 Å². The van der Waals surface area contributed by atoms with Crippen molar-refractivity contribution in [2.24, 2.45) is 4.99 Å². The van der Waals surface area contributed by atoms with Gasteiger partial charge in [0.25, 0.3) is 0 Å². The van der Waals surface area contributed by atoms with E-state index in [1.807, 2.05) is 13.1 Å².